The molecule has 0 atom stereocenters. The van der Waals surface area contributed by atoms with E-state index in [0.717, 1.165) is 11.3 Å². The minimum absolute atomic E-state index is 0.108. The third kappa shape index (κ3) is 6.34. The number of carboxylic acid groups (broad SMARTS) is 1. The van der Waals surface area contributed by atoms with E-state index in [4.69, 9.17) is 4.74 Å². The van der Waals surface area contributed by atoms with Crippen LogP contribution in [0.2, 0.25) is 0 Å². The van der Waals surface area contributed by atoms with Crippen molar-refractivity contribution in [1.82, 2.24) is 5.43 Å². The standard InChI is InChI=1S/C18H19N3O4/c1-13(14-7-9-16(10-8-14)25-12-18(23)24)20-21-17(22)11-19-15-5-3-2-4-6-15/h2-10,19H,11-12H2,1H3,(H,21,22)(H,23,24)/p-1/b20-13-. The fraction of sp³-hybridized carbons (Fsp3) is 0.167. The van der Waals surface area contributed by atoms with E-state index in [1.807, 2.05) is 30.3 Å². The quantitative estimate of drug-likeness (QED) is 0.546. The lowest BCUT2D eigenvalue weighted by Crippen LogP contribution is -2.28. The van der Waals surface area contributed by atoms with Crippen LogP contribution in [0.25, 0.3) is 0 Å². The topological polar surface area (TPSA) is 103 Å². The molecule has 7 nitrogen and oxygen atoms in total. The molecule has 2 rings (SSSR count). The van der Waals surface area contributed by atoms with Gasteiger partial charge in [0.05, 0.1) is 18.2 Å². The molecule has 0 aromatic heterocycles. The molecule has 0 saturated heterocycles. The summed E-state index contributed by atoms with van der Waals surface area (Å²) in [5.41, 5.74) is 4.71. The SMILES string of the molecule is C/C(=N/NC(=O)CNc1ccccc1)c1ccc(OCC(=O)[O-])cc1. The number of para-hydroxylation sites is 1. The molecule has 25 heavy (non-hydrogen) atoms. The van der Waals surface area contributed by atoms with Gasteiger partial charge in [0.25, 0.3) is 5.91 Å². The molecule has 1 amide bonds. The number of hydrogen-bond acceptors (Lipinski definition) is 6. The van der Waals surface area contributed by atoms with Gasteiger partial charge in [-0.1, -0.05) is 18.2 Å². The number of nitrogens with zero attached hydrogens (tertiary/aromatic N) is 1. The Morgan fingerprint density at radius 1 is 1.08 bits per heavy atom. The van der Waals surface area contributed by atoms with Crippen molar-refractivity contribution < 1.29 is 19.4 Å². The number of hydrazone groups is 1. The van der Waals surface area contributed by atoms with Gasteiger partial charge in [-0.3, -0.25) is 4.79 Å². The number of carboxylic acids is 1. The Morgan fingerprint density at radius 3 is 2.40 bits per heavy atom. The molecule has 2 aromatic rings. The second kappa shape index (κ2) is 9.07. The number of ether oxygens (including phenoxy) is 1. The number of aliphatic carboxylic acids is 1. The first kappa shape index (κ1) is 18.0. The Hall–Kier alpha value is -3.35. The van der Waals surface area contributed by atoms with Crippen LogP contribution in [0.5, 0.6) is 5.75 Å². The summed E-state index contributed by atoms with van der Waals surface area (Å²) in [7, 11) is 0. The van der Waals surface area contributed by atoms with Gasteiger partial charge in [-0.2, -0.15) is 5.10 Å². The van der Waals surface area contributed by atoms with Crippen LogP contribution >= 0.6 is 0 Å². The average Bonchev–Trinajstić information content (AvgIpc) is 2.64. The molecule has 2 N–H and O–H groups in total. The fourth-order valence-corrected chi connectivity index (χ4v) is 1.92. The first-order chi connectivity index (χ1) is 12.0. The second-order valence-electron chi connectivity index (χ2n) is 5.14. The number of carbonyl (C=O) groups excluding carboxylic acids is 2. The summed E-state index contributed by atoms with van der Waals surface area (Å²) >= 11 is 0. The molecule has 0 saturated carbocycles. The number of benzene rings is 2. The van der Waals surface area contributed by atoms with Gasteiger partial charge in [0.1, 0.15) is 12.4 Å². The van der Waals surface area contributed by atoms with Crippen LogP contribution in [0.3, 0.4) is 0 Å². The van der Waals surface area contributed by atoms with Crippen LogP contribution < -0.4 is 20.6 Å². The van der Waals surface area contributed by atoms with Gasteiger partial charge in [-0.25, -0.2) is 5.43 Å². The molecular formula is C18H18N3O4-. The Bertz CT molecular complexity index is 743. The van der Waals surface area contributed by atoms with Gasteiger partial charge >= 0.3 is 0 Å². The van der Waals surface area contributed by atoms with E-state index in [0.29, 0.717) is 11.5 Å². The maximum atomic E-state index is 11.8. The lowest BCUT2D eigenvalue weighted by Gasteiger charge is -2.08. The monoisotopic (exact) mass is 340 g/mol. The summed E-state index contributed by atoms with van der Waals surface area (Å²) in [6, 6.07) is 16.1. The summed E-state index contributed by atoms with van der Waals surface area (Å²) in [6.45, 7) is 1.36. The molecule has 2 aromatic carbocycles. The highest BCUT2D eigenvalue weighted by molar-refractivity contribution is 5.99. The fourth-order valence-electron chi connectivity index (χ4n) is 1.92. The van der Waals surface area contributed by atoms with Gasteiger partial charge in [0.2, 0.25) is 0 Å². The maximum absolute atomic E-state index is 11.8. The summed E-state index contributed by atoms with van der Waals surface area (Å²) in [5.74, 6) is -1.14. The van der Waals surface area contributed by atoms with E-state index >= 15 is 0 Å². The third-order valence-electron chi connectivity index (χ3n) is 3.20. The lowest BCUT2D eigenvalue weighted by atomic mass is 10.1. The Labute approximate surface area is 145 Å². The molecule has 0 spiro atoms. The number of carbonyl (C=O) groups is 2. The normalized spacial score (nSPS) is 10.8. The predicted molar refractivity (Wildman–Crippen MR) is 92.2 cm³/mol. The van der Waals surface area contributed by atoms with Crippen molar-refractivity contribution in [2.45, 2.75) is 6.92 Å². The maximum Gasteiger partial charge on any atom is 0.259 e. The zero-order valence-electron chi connectivity index (χ0n) is 13.7. The first-order valence-corrected chi connectivity index (χ1v) is 7.60. The van der Waals surface area contributed by atoms with E-state index in [-0.39, 0.29) is 12.5 Å². The second-order valence-corrected chi connectivity index (χ2v) is 5.14. The van der Waals surface area contributed by atoms with Gasteiger partial charge in [0.15, 0.2) is 0 Å². The van der Waals surface area contributed by atoms with Crippen molar-refractivity contribution >= 4 is 23.3 Å². The number of amides is 1. The summed E-state index contributed by atoms with van der Waals surface area (Å²) < 4.78 is 4.99. The van der Waals surface area contributed by atoms with Gasteiger partial charge < -0.3 is 20.0 Å². The van der Waals surface area contributed by atoms with E-state index < -0.39 is 12.6 Å². The molecule has 0 aliphatic carbocycles. The van der Waals surface area contributed by atoms with Crippen LogP contribution in [-0.2, 0) is 9.59 Å². The average molecular weight is 340 g/mol. The van der Waals surface area contributed by atoms with E-state index in [1.165, 1.54) is 0 Å². The van der Waals surface area contributed by atoms with Crippen molar-refractivity contribution in [1.29, 1.82) is 0 Å². The van der Waals surface area contributed by atoms with Crippen molar-refractivity contribution in [2.24, 2.45) is 5.10 Å². The zero-order chi connectivity index (χ0) is 18.1. The Balaban J connectivity index is 1.83. The van der Waals surface area contributed by atoms with Gasteiger partial charge in [-0.15, -0.1) is 0 Å². The van der Waals surface area contributed by atoms with Crippen molar-refractivity contribution in [3.8, 4) is 5.75 Å². The van der Waals surface area contributed by atoms with Crippen molar-refractivity contribution in [2.75, 3.05) is 18.5 Å². The van der Waals surface area contributed by atoms with Gasteiger partial charge in [0, 0.05) is 5.69 Å². The largest absolute Gasteiger partial charge is 0.546 e. The minimum atomic E-state index is -1.28. The highest BCUT2D eigenvalue weighted by Gasteiger charge is 2.02. The highest BCUT2D eigenvalue weighted by atomic mass is 16.5. The first-order valence-electron chi connectivity index (χ1n) is 7.60. The van der Waals surface area contributed by atoms with Crippen LogP contribution in [0.1, 0.15) is 12.5 Å². The Morgan fingerprint density at radius 2 is 1.76 bits per heavy atom. The molecule has 0 unspecified atom stereocenters. The van der Waals surface area contributed by atoms with Crippen LogP contribution in [0.15, 0.2) is 59.7 Å². The van der Waals surface area contributed by atoms with Crippen LogP contribution in [-0.4, -0.2) is 30.7 Å². The summed E-state index contributed by atoms with van der Waals surface area (Å²) in [4.78, 5) is 22.1. The van der Waals surface area contributed by atoms with Crippen molar-refractivity contribution in [3.63, 3.8) is 0 Å². The molecule has 7 heteroatoms. The number of hydrogen-bond donors (Lipinski definition) is 2. The number of rotatable bonds is 8. The molecule has 0 fully saturated rings. The smallest absolute Gasteiger partial charge is 0.259 e. The molecular weight excluding hydrogens is 322 g/mol. The molecule has 0 aliphatic rings. The van der Waals surface area contributed by atoms with Crippen molar-refractivity contribution in [3.05, 3.63) is 60.2 Å². The minimum Gasteiger partial charge on any atom is -0.546 e. The Kier molecular flexibility index (Phi) is 6.53. The zero-order valence-corrected chi connectivity index (χ0v) is 13.7. The molecule has 0 heterocycles. The van der Waals surface area contributed by atoms with E-state index in [9.17, 15) is 14.7 Å². The lowest BCUT2D eigenvalue weighted by molar-refractivity contribution is -0.307. The van der Waals surface area contributed by atoms with E-state index in [2.05, 4.69) is 15.8 Å². The third-order valence-corrected chi connectivity index (χ3v) is 3.20. The summed E-state index contributed by atoms with van der Waals surface area (Å²) in [5, 5.41) is 17.4. The molecule has 0 bridgehead atoms. The van der Waals surface area contributed by atoms with Crippen LogP contribution in [0, 0.1) is 0 Å². The molecule has 0 radical (unpaired) electrons. The van der Waals surface area contributed by atoms with Crippen LogP contribution in [0.4, 0.5) is 5.69 Å². The number of anilines is 1. The van der Waals surface area contributed by atoms with E-state index in [1.54, 1.807) is 31.2 Å². The highest BCUT2D eigenvalue weighted by Crippen LogP contribution is 2.12. The predicted octanol–water partition coefficient (Wildman–Crippen LogP) is 0.768. The number of nitrogens with one attached hydrogen (secondary N) is 2. The van der Waals surface area contributed by atoms with Gasteiger partial charge in [-0.05, 0) is 48.9 Å². The molecule has 130 valence electrons. The molecule has 0 aliphatic heterocycles. The summed E-state index contributed by atoms with van der Waals surface area (Å²) in [6.07, 6.45) is 0.